The van der Waals surface area contributed by atoms with Crippen molar-refractivity contribution in [3.63, 3.8) is 0 Å². The number of methoxy groups -OCH3 is 1. The molecule has 0 aliphatic heterocycles. The third kappa shape index (κ3) is 3.62. The zero-order valence-corrected chi connectivity index (χ0v) is 18.0. The number of furan rings is 1. The Balaban J connectivity index is 1.62. The van der Waals surface area contributed by atoms with E-state index in [0.29, 0.717) is 27.0 Å². The second-order valence-corrected chi connectivity index (χ2v) is 8.17. The number of thiazole rings is 1. The van der Waals surface area contributed by atoms with E-state index in [9.17, 15) is 4.79 Å². The summed E-state index contributed by atoms with van der Waals surface area (Å²) in [6, 6.07) is 18.3. The number of carbonyl (C=O) groups is 1. The topological polar surface area (TPSA) is 68.5 Å². The fourth-order valence-electron chi connectivity index (χ4n) is 3.32. The first kappa shape index (κ1) is 19.5. The van der Waals surface area contributed by atoms with Gasteiger partial charge in [0.15, 0.2) is 10.9 Å². The van der Waals surface area contributed by atoms with Gasteiger partial charge in [0, 0.05) is 11.6 Å². The van der Waals surface area contributed by atoms with E-state index in [1.807, 2.05) is 42.5 Å². The highest BCUT2D eigenvalue weighted by Crippen LogP contribution is 2.39. The number of ether oxygens (including phenoxy) is 1. The molecular formula is C23H16ClN3O3S. The van der Waals surface area contributed by atoms with Crippen molar-refractivity contribution in [1.29, 1.82) is 0 Å². The number of halogens is 1. The predicted octanol–water partition coefficient (Wildman–Crippen LogP) is 5.95. The summed E-state index contributed by atoms with van der Waals surface area (Å²) in [7, 11) is 1.58. The highest BCUT2D eigenvalue weighted by Gasteiger charge is 2.26. The predicted molar refractivity (Wildman–Crippen MR) is 122 cm³/mol. The number of para-hydroxylation sites is 1. The van der Waals surface area contributed by atoms with Crippen molar-refractivity contribution in [2.45, 2.75) is 6.54 Å². The first-order valence-electron chi connectivity index (χ1n) is 9.47. The Hall–Kier alpha value is -3.42. The summed E-state index contributed by atoms with van der Waals surface area (Å²) in [4.78, 5) is 24.2. The second-order valence-electron chi connectivity index (χ2n) is 6.78. The summed E-state index contributed by atoms with van der Waals surface area (Å²) in [5.74, 6) is 0.515. The number of nitrogens with zero attached hydrogens (tertiary/aromatic N) is 3. The monoisotopic (exact) mass is 449 g/mol. The van der Waals surface area contributed by atoms with Crippen LogP contribution in [0.2, 0.25) is 5.02 Å². The summed E-state index contributed by atoms with van der Waals surface area (Å²) in [6.45, 7) is 0.233. The van der Waals surface area contributed by atoms with E-state index in [-0.39, 0.29) is 18.2 Å². The van der Waals surface area contributed by atoms with Gasteiger partial charge in [0.25, 0.3) is 5.91 Å². The Morgan fingerprint density at radius 3 is 2.77 bits per heavy atom. The Labute approximate surface area is 186 Å². The molecule has 0 bridgehead atoms. The molecule has 1 amide bonds. The molecule has 0 unspecified atom stereocenters. The number of rotatable bonds is 5. The minimum atomic E-state index is -0.309. The van der Waals surface area contributed by atoms with Gasteiger partial charge in [0.05, 0.1) is 29.1 Å². The van der Waals surface area contributed by atoms with Gasteiger partial charge < -0.3 is 9.15 Å². The fraction of sp³-hybridized carbons (Fsp3) is 0.0870. The minimum absolute atomic E-state index is 0.231. The van der Waals surface area contributed by atoms with Gasteiger partial charge in [-0.05, 0) is 36.4 Å². The SMILES string of the molecule is COc1ccc(Cl)c2sc(N(Cc3ccccn3)C(=O)c3cc4ccccc4o3)nc12. The summed E-state index contributed by atoms with van der Waals surface area (Å²) < 4.78 is 12.0. The van der Waals surface area contributed by atoms with E-state index in [4.69, 9.17) is 20.8 Å². The summed E-state index contributed by atoms with van der Waals surface area (Å²) in [5.41, 5.74) is 1.99. The van der Waals surface area contributed by atoms with E-state index >= 15 is 0 Å². The third-order valence-corrected chi connectivity index (χ3v) is 6.36. The zero-order chi connectivity index (χ0) is 21.4. The van der Waals surface area contributed by atoms with E-state index in [1.165, 1.54) is 11.3 Å². The number of aromatic nitrogens is 2. The van der Waals surface area contributed by atoms with Crippen molar-refractivity contribution in [3.05, 3.63) is 83.3 Å². The second kappa shape index (κ2) is 8.02. The molecule has 31 heavy (non-hydrogen) atoms. The molecule has 0 saturated carbocycles. The average molecular weight is 450 g/mol. The van der Waals surface area contributed by atoms with Crippen LogP contribution in [-0.2, 0) is 6.54 Å². The molecule has 154 valence electrons. The van der Waals surface area contributed by atoms with Crippen molar-refractivity contribution in [2.24, 2.45) is 0 Å². The summed E-state index contributed by atoms with van der Waals surface area (Å²) in [5, 5.41) is 1.89. The van der Waals surface area contributed by atoms with Crippen LogP contribution >= 0.6 is 22.9 Å². The normalized spacial score (nSPS) is 11.2. The number of hydrogen-bond acceptors (Lipinski definition) is 6. The van der Waals surface area contributed by atoms with Crippen LogP contribution in [0.15, 0.2) is 71.3 Å². The molecule has 0 spiro atoms. The summed E-state index contributed by atoms with van der Waals surface area (Å²) >= 11 is 7.72. The molecule has 3 heterocycles. The Morgan fingerprint density at radius 2 is 2.00 bits per heavy atom. The van der Waals surface area contributed by atoms with E-state index in [0.717, 1.165) is 15.8 Å². The van der Waals surface area contributed by atoms with Crippen LogP contribution < -0.4 is 9.64 Å². The number of benzene rings is 2. The lowest BCUT2D eigenvalue weighted by Gasteiger charge is -2.18. The number of fused-ring (bicyclic) bond motifs is 2. The van der Waals surface area contributed by atoms with Gasteiger partial charge in [-0.15, -0.1) is 0 Å². The average Bonchev–Trinajstić information content (AvgIpc) is 3.43. The smallest absolute Gasteiger partial charge is 0.296 e. The van der Waals surface area contributed by atoms with Gasteiger partial charge in [-0.2, -0.15) is 0 Å². The number of amides is 1. The van der Waals surface area contributed by atoms with Crippen molar-refractivity contribution in [2.75, 3.05) is 12.0 Å². The lowest BCUT2D eigenvalue weighted by Crippen LogP contribution is -2.30. The van der Waals surface area contributed by atoms with Gasteiger partial charge in [-0.25, -0.2) is 4.98 Å². The molecule has 3 aromatic heterocycles. The lowest BCUT2D eigenvalue weighted by atomic mass is 10.2. The molecule has 2 aromatic carbocycles. The van der Waals surface area contributed by atoms with E-state index in [1.54, 1.807) is 36.4 Å². The largest absolute Gasteiger partial charge is 0.494 e. The van der Waals surface area contributed by atoms with Gasteiger partial charge in [-0.3, -0.25) is 14.7 Å². The molecule has 5 rings (SSSR count). The number of hydrogen-bond donors (Lipinski definition) is 0. The van der Waals surface area contributed by atoms with Gasteiger partial charge in [0.1, 0.15) is 16.8 Å². The van der Waals surface area contributed by atoms with Gasteiger partial charge in [0.2, 0.25) is 0 Å². The molecule has 0 saturated heterocycles. The van der Waals surface area contributed by atoms with Gasteiger partial charge in [-0.1, -0.05) is 47.2 Å². The molecular weight excluding hydrogens is 434 g/mol. The van der Waals surface area contributed by atoms with Crippen LogP contribution in [0.3, 0.4) is 0 Å². The van der Waals surface area contributed by atoms with E-state index in [2.05, 4.69) is 9.97 Å². The standard InChI is InChI=1S/C23H16ClN3O3S/c1-29-18-10-9-16(24)21-20(18)26-23(31-21)27(13-15-7-4-5-11-25-15)22(28)19-12-14-6-2-3-8-17(14)30-19/h2-12H,13H2,1H3. The van der Waals surface area contributed by atoms with Crippen LogP contribution in [0.25, 0.3) is 21.2 Å². The van der Waals surface area contributed by atoms with E-state index < -0.39 is 0 Å². The van der Waals surface area contributed by atoms with Crippen molar-refractivity contribution in [3.8, 4) is 5.75 Å². The molecule has 8 heteroatoms. The minimum Gasteiger partial charge on any atom is -0.494 e. The Kier molecular flexibility index (Phi) is 5.05. The molecule has 0 fully saturated rings. The Morgan fingerprint density at radius 1 is 1.16 bits per heavy atom. The summed E-state index contributed by atoms with van der Waals surface area (Å²) in [6.07, 6.45) is 1.69. The molecule has 5 aromatic rings. The maximum atomic E-state index is 13.5. The van der Waals surface area contributed by atoms with Crippen molar-refractivity contribution in [1.82, 2.24) is 9.97 Å². The first-order valence-corrected chi connectivity index (χ1v) is 10.7. The number of anilines is 1. The lowest BCUT2D eigenvalue weighted by molar-refractivity contribution is 0.0960. The van der Waals surface area contributed by atoms with Crippen LogP contribution in [0, 0.1) is 0 Å². The fourth-order valence-corrected chi connectivity index (χ4v) is 4.58. The van der Waals surface area contributed by atoms with Gasteiger partial charge >= 0.3 is 0 Å². The highest BCUT2D eigenvalue weighted by atomic mass is 35.5. The van der Waals surface area contributed by atoms with Crippen LogP contribution in [0.4, 0.5) is 5.13 Å². The third-order valence-electron chi connectivity index (χ3n) is 4.83. The van der Waals surface area contributed by atoms with Crippen LogP contribution in [0.1, 0.15) is 16.2 Å². The molecule has 0 N–H and O–H groups in total. The zero-order valence-electron chi connectivity index (χ0n) is 16.4. The Bertz CT molecular complexity index is 1360. The van der Waals surface area contributed by atoms with Crippen molar-refractivity contribution < 1.29 is 13.9 Å². The maximum Gasteiger partial charge on any atom is 0.296 e. The highest BCUT2D eigenvalue weighted by molar-refractivity contribution is 7.23. The molecule has 0 radical (unpaired) electrons. The number of carbonyl (C=O) groups excluding carboxylic acids is 1. The maximum absolute atomic E-state index is 13.5. The first-order chi connectivity index (χ1) is 15.1. The van der Waals surface area contributed by atoms with Crippen LogP contribution in [-0.4, -0.2) is 23.0 Å². The van der Waals surface area contributed by atoms with Crippen molar-refractivity contribution >= 4 is 55.2 Å². The van der Waals surface area contributed by atoms with Crippen LogP contribution in [0.5, 0.6) is 5.75 Å². The number of pyridine rings is 1. The molecule has 0 atom stereocenters. The molecule has 0 aliphatic rings. The molecule has 0 aliphatic carbocycles. The molecule has 6 nitrogen and oxygen atoms in total. The quantitative estimate of drug-likeness (QED) is 0.332.